The van der Waals surface area contributed by atoms with Crippen molar-refractivity contribution in [1.82, 2.24) is 10.2 Å². The van der Waals surface area contributed by atoms with Crippen LogP contribution in [0.4, 0.5) is 0 Å². The number of piperidine rings is 1. The van der Waals surface area contributed by atoms with Gasteiger partial charge in [0.1, 0.15) is 0 Å². The Labute approximate surface area is 126 Å². The van der Waals surface area contributed by atoms with Crippen molar-refractivity contribution in [2.45, 2.75) is 45.1 Å². The van der Waals surface area contributed by atoms with Gasteiger partial charge >= 0.3 is 5.97 Å². The van der Waals surface area contributed by atoms with Crippen LogP contribution >= 0.6 is 0 Å². The van der Waals surface area contributed by atoms with E-state index >= 15 is 0 Å². The molecule has 0 aromatic heterocycles. The van der Waals surface area contributed by atoms with Crippen LogP contribution < -0.4 is 5.32 Å². The standard InChI is InChI=1S/C14H27N5O2/c1-2-21-14(20)5-3-4-8-16-9-12-19-10-6-13(7-11-19)17-18-15/h13,16H,2-12H2,1H3. The van der Waals surface area contributed by atoms with Gasteiger partial charge in [0.25, 0.3) is 0 Å². The molecular weight excluding hydrogens is 270 g/mol. The molecule has 120 valence electrons. The van der Waals surface area contributed by atoms with Crippen molar-refractivity contribution in [3.8, 4) is 0 Å². The lowest BCUT2D eigenvalue weighted by Gasteiger charge is -2.29. The number of rotatable bonds is 10. The van der Waals surface area contributed by atoms with Crippen molar-refractivity contribution >= 4 is 5.97 Å². The summed E-state index contributed by atoms with van der Waals surface area (Å²) in [4.78, 5) is 16.4. The van der Waals surface area contributed by atoms with E-state index in [1.54, 1.807) is 0 Å². The second kappa shape index (κ2) is 11.4. The average Bonchev–Trinajstić information content (AvgIpc) is 2.48. The number of nitrogens with one attached hydrogen (secondary N) is 1. The highest BCUT2D eigenvalue weighted by Gasteiger charge is 2.17. The summed E-state index contributed by atoms with van der Waals surface area (Å²) in [6.45, 7) is 7.24. The van der Waals surface area contributed by atoms with E-state index in [1.807, 2.05) is 6.92 Å². The molecule has 1 heterocycles. The van der Waals surface area contributed by atoms with Crippen LogP contribution in [0.3, 0.4) is 0 Å². The normalized spacial score (nSPS) is 16.4. The van der Waals surface area contributed by atoms with Gasteiger partial charge in [-0.1, -0.05) is 5.11 Å². The summed E-state index contributed by atoms with van der Waals surface area (Å²) < 4.78 is 4.88. The zero-order valence-electron chi connectivity index (χ0n) is 13.0. The highest BCUT2D eigenvalue weighted by atomic mass is 16.5. The van der Waals surface area contributed by atoms with Gasteiger partial charge in [0.15, 0.2) is 0 Å². The molecule has 1 N–H and O–H groups in total. The van der Waals surface area contributed by atoms with Crippen LogP contribution in [-0.4, -0.2) is 56.2 Å². The van der Waals surface area contributed by atoms with Crippen LogP contribution in [0.15, 0.2) is 5.11 Å². The maximum absolute atomic E-state index is 11.1. The summed E-state index contributed by atoms with van der Waals surface area (Å²) in [6, 6.07) is 0.182. The first-order valence-corrected chi connectivity index (χ1v) is 7.89. The third-order valence-electron chi connectivity index (χ3n) is 3.67. The smallest absolute Gasteiger partial charge is 0.305 e. The maximum Gasteiger partial charge on any atom is 0.305 e. The summed E-state index contributed by atoms with van der Waals surface area (Å²) in [5.41, 5.74) is 8.40. The molecule has 0 aromatic carbocycles. The summed E-state index contributed by atoms with van der Waals surface area (Å²) in [5.74, 6) is -0.0969. The van der Waals surface area contributed by atoms with E-state index in [9.17, 15) is 4.79 Å². The minimum absolute atomic E-state index is 0.0969. The lowest BCUT2D eigenvalue weighted by Crippen LogP contribution is -2.39. The van der Waals surface area contributed by atoms with Crippen molar-refractivity contribution in [2.75, 3.05) is 39.3 Å². The summed E-state index contributed by atoms with van der Waals surface area (Å²) in [5, 5.41) is 7.18. The topological polar surface area (TPSA) is 90.3 Å². The van der Waals surface area contributed by atoms with Crippen LogP contribution in [0.5, 0.6) is 0 Å². The van der Waals surface area contributed by atoms with Gasteiger partial charge in [-0.2, -0.15) is 0 Å². The number of likely N-dealkylation sites (tertiary alicyclic amines) is 1. The Morgan fingerprint density at radius 1 is 1.38 bits per heavy atom. The van der Waals surface area contributed by atoms with Gasteiger partial charge in [0, 0.05) is 30.5 Å². The fraction of sp³-hybridized carbons (Fsp3) is 0.929. The molecule has 0 amide bonds. The number of ether oxygens (including phenoxy) is 1. The zero-order chi connectivity index (χ0) is 15.3. The Morgan fingerprint density at radius 3 is 2.81 bits per heavy atom. The first-order valence-electron chi connectivity index (χ1n) is 7.89. The molecule has 0 aromatic rings. The number of azide groups is 1. The second-order valence-electron chi connectivity index (χ2n) is 5.29. The molecule has 0 bridgehead atoms. The van der Waals surface area contributed by atoms with Crippen molar-refractivity contribution in [2.24, 2.45) is 5.11 Å². The molecule has 0 atom stereocenters. The molecule has 1 fully saturated rings. The fourth-order valence-corrected chi connectivity index (χ4v) is 2.45. The Hall–Kier alpha value is -1.30. The molecule has 1 aliphatic rings. The van der Waals surface area contributed by atoms with Gasteiger partial charge in [0.05, 0.1) is 6.61 Å². The van der Waals surface area contributed by atoms with E-state index < -0.39 is 0 Å². The lowest BCUT2D eigenvalue weighted by molar-refractivity contribution is -0.143. The Bertz CT molecular complexity index is 336. The Balaban J connectivity index is 1.91. The Kier molecular flexibility index (Phi) is 9.61. The predicted molar refractivity (Wildman–Crippen MR) is 82.0 cm³/mol. The number of nitrogens with zero attached hydrogens (tertiary/aromatic N) is 4. The third-order valence-corrected chi connectivity index (χ3v) is 3.67. The van der Waals surface area contributed by atoms with Crippen molar-refractivity contribution in [1.29, 1.82) is 0 Å². The largest absolute Gasteiger partial charge is 0.466 e. The number of carbonyl (C=O) groups is 1. The predicted octanol–water partition coefficient (Wildman–Crippen LogP) is 2.08. The molecule has 0 spiro atoms. The molecule has 7 nitrogen and oxygen atoms in total. The molecule has 0 radical (unpaired) electrons. The Morgan fingerprint density at radius 2 is 2.14 bits per heavy atom. The highest BCUT2D eigenvalue weighted by Crippen LogP contribution is 2.12. The van der Waals surface area contributed by atoms with E-state index in [0.717, 1.165) is 58.4 Å². The van der Waals surface area contributed by atoms with Crippen molar-refractivity contribution in [3.63, 3.8) is 0 Å². The molecule has 1 aliphatic heterocycles. The van der Waals surface area contributed by atoms with E-state index in [1.165, 1.54) is 0 Å². The van der Waals surface area contributed by atoms with E-state index in [2.05, 4.69) is 20.2 Å². The quantitative estimate of drug-likeness (QED) is 0.220. The van der Waals surface area contributed by atoms with Crippen LogP contribution in [0.1, 0.15) is 39.0 Å². The van der Waals surface area contributed by atoms with Gasteiger partial charge < -0.3 is 15.0 Å². The maximum atomic E-state index is 11.1. The van der Waals surface area contributed by atoms with E-state index in [4.69, 9.17) is 10.3 Å². The molecule has 1 saturated heterocycles. The van der Waals surface area contributed by atoms with Crippen molar-refractivity contribution in [3.05, 3.63) is 10.4 Å². The van der Waals surface area contributed by atoms with Gasteiger partial charge in [-0.05, 0) is 57.8 Å². The highest BCUT2D eigenvalue weighted by molar-refractivity contribution is 5.69. The van der Waals surface area contributed by atoms with E-state index in [-0.39, 0.29) is 12.0 Å². The zero-order valence-corrected chi connectivity index (χ0v) is 13.0. The lowest BCUT2D eigenvalue weighted by atomic mass is 10.1. The average molecular weight is 297 g/mol. The second-order valence-corrected chi connectivity index (χ2v) is 5.29. The van der Waals surface area contributed by atoms with Crippen LogP contribution in [-0.2, 0) is 9.53 Å². The third kappa shape index (κ3) is 8.55. The summed E-state index contributed by atoms with van der Waals surface area (Å²) in [7, 11) is 0. The molecule has 7 heteroatoms. The molecular formula is C14H27N5O2. The monoisotopic (exact) mass is 297 g/mol. The van der Waals surface area contributed by atoms with Gasteiger partial charge in [-0.3, -0.25) is 4.79 Å². The van der Waals surface area contributed by atoms with Crippen LogP contribution in [0.2, 0.25) is 0 Å². The van der Waals surface area contributed by atoms with E-state index in [0.29, 0.717) is 13.0 Å². The summed E-state index contributed by atoms with van der Waals surface area (Å²) in [6.07, 6.45) is 4.32. The van der Waals surface area contributed by atoms with Gasteiger partial charge in [0.2, 0.25) is 0 Å². The number of esters is 1. The van der Waals surface area contributed by atoms with Gasteiger partial charge in [-0.25, -0.2) is 0 Å². The first kappa shape index (κ1) is 17.8. The SMILES string of the molecule is CCOC(=O)CCCCNCCN1CCC(N=[N+]=[N-])CC1. The number of hydrogen-bond acceptors (Lipinski definition) is 5. The molecule has 0 unspecified atom stereocenters. The van der Waals surface area contributed by atoms with Gasteiger partial charge in [-0.15, -0.1) is 0 Å². The first-order chi connectivity index (χ1) is 10.3. The number of unbranched alkanes of at least 4 members (excludes halogenated alkanes) is 1. The molecule has 0 saturated carbocycles. The van der Waals surface area contributed by atoms with Crippen LogP contribution in [0, 0.1) is 0 Å². The molecule has 0 aliphatic carbocycles. The minimum Gasteiger partial charge on any atom is -0.466 e. The molecule has 1 rings (SSSR count). The van der Waals surface area contributed by atoms with Crippen molar-refractivity contribution < 1.29 is 9.53 Å². The number of carbonyl (C=O) groups excluding carboxylic acids is 1. The summed E-state index contributed by atoms with van der Waals surface area (Å²) >= 11 is 0. The minimum atomic E-state index is -0.0969. The fourth-order valence-electron chi connectivity index (χ4n) is 2.45. The molecule has 21 heavy (non-hydrogen) atoms. The number of hydrogen-bond donors (Lipinski definition) is 1. The van der Waals surface area contributed by atoms with Crippen LogP contribution in [0.25, 0.3) is 10.4 Å².